The number of amides is 2. The molecule has 3 rings (SSSR count). The Morgan fingerprint density at radius 1 is 1.06 bits per heavy atom. The van der Waals surface area contributed by atoms with Crippen LogP contribution in [0.15, 0.2) is 29.4 Å². The monoisotopic (exact) mass is 458 g/mol. The predicted octanol–water partition coefficient (Wildman–Crippen LogP) is 2.02. The van der Waals surface area contributed by atoms with Crippen molar-refractivity contribution in [3.63, 3.8) is 0 Å². The molecule has 3 aromatic rings. The number of thioether (sulfide) groups is 1. The summed E-state index contributed by atoms with van der Waals surface area (Å²) >= 11 is 1.44. The lowest BCUT2D eigenvalue weighted by atomic mass is 10.1. The Balaban J connectivity index is 1.50. The fraction of sp³-hybridized carbons (Fsp3) is 0.381. The number of nitrogens with zero attached hydrogens (tertiary/aromatic N) is 4. The second-order valence-electron chi connectivity index (χ2n) is 6.84. The third kappa shape index (κ3) is 5.67. The van der Waals surface area contributed by atoms with E-state index in [9.17, 15) is 9.59 Å². The van der Waals surface area contributed by atoms with Crippen molar-refractivity contribution in [2.75, 3.05) is 19.5 Å². The van der Waals surface area contributed by atoms with E-state index in [4.69, 9.17) is 9.47 Å². The van der Waals surface area contributed by atoms with Crippen LogP contribution in [-0.4, -0.2) is 50.9 Å². The number of nitrogens with one attached hydrogen (secondary N) is 2. The van der Waals surface area contributed by atoms with Gasteiger partial charge in [-0.1, -0.05) is 23.9 Å². The Hall–Kier alpha value is -3.34. The van der Waals surface area contributed by atoms with Gasteiger partial charge in [0, 0.05) is 17.8 Å². The third-order valence-corrected chi connectivity index (χ3v) is 5.20. The second kappa shape index (κ2) is 10.8. The van der Waals surface area contributed by atoms with Crippen molar-refractivity contribution in [2.24, 2.45) is 0 Å². The molecule has 0 bridgehead atoms. The van der Waals surface area contributed by atoms with E-state index in [1.807, 2.05) is 33.1 Å². The molecule has 0 unspecified atom stereocenters. The summed E-state index contributed by atoms with van der Waals surface area (Å²) in [6.07, 6.45) is 2.53. The molecule has 2 amide bonds. The normalized spacial score (nSPS) is 10.8. The average molecular weight is 459 g/mol. The number of fused-ring (bicyclic) bond motifs is 1. The van der Waals surface area contributed by atoms with Crippen molar-refractivity contribution < 1.29 is 19.1 Å². The van der Waals surface area contributed by atoms with Gasteiger partial charge in [-0.3, -0.25) is 20.4 Å². The first-order valence-electron chi connectivity index (χ1n) is 10.1. The number of para-hydroxylation sites is 2. The van der Waals surface area contributed by atoms with Crippen molar-refractivity contribution in [1.82, 2.24) is 30.4 Å². The quantitative estimate of drug-likeness (QED) is 0.369. The van der Waals surface area contributed by atoms with E-state index < -0.39 is 5.91 Å². The Morgan fingerprint density at radius 2 is 1.75 bits per heavy atom. The van der Waals surface area contributed by atoms with E-state index in [1.54, 1.807) is 22.7 Å². The fourth-order valence-electron chi connectivity index (χ4n) is 3.10. The average Bonchev–Trinajstić information content (AvgIpc) is 3.20. The maximum Gasteiger partial charge on any atom is 0.276 e. The Kier molecular flexibility index (Phi) is 7.87. The smallest absolute Gasteiger partial charge is 0.276 e. The van der Waals surface area contributed by atoms with Gasteiger partial charge in [-0.25, -0.2) is 9.50 Å². The Labute approximate surface area is 190 Å². The molecule has 0 saturated carbocycles. The van der Waals surface area contributed by atoms with Gasteiger partial charge in [0.2, 0.25) is 11.1 Å². The maximum atomic E-state index is 12.2. The van der Waals surface area contributed by atoms with E-state index >= 15 is 0 Å². The number of hydrazine groups is 1. The van der Waals surface area contributed by atoms with Crippen LogP contribution in [0, 0.1) is 13.8 Å². The number of carbonyl (C=O) groups is 2. The number of hydrogen-bond donors (Lipinski definition) is 2. The largest absolute Gasteiger partial charge is 0.490 e. The summed E-state index contributed by atoms with van der Waals surface area (Å²) in [4.78, 5) is 33.1. The van der Waals surface area contributed by atoms with Gasteiger partial charge in [0.05, 0.1) is 6.61 Å². The molecule has 0 aliphatic heterocycles. The molecule has 170 valence electrons. The lowest BCUT2D eigenvalue weighted by Crippen LogP contribution is -2.43. The topological polar surface area (TPSA) is 120 Å². The zero-order valence-corrected chi connectivity index (χ0v) is 19.3. The fourth-order valence-corrected chi connectivity index (χ4v) is 3.44. The van der Waals surface area contributed by atoms with E-state index in [0.29, 0.717) is 35.5 Å². The summed E-state index contributed by atoms with van der Waals surface area (Å²) in [5, 5.41) is 5.05. The molecule has 2 heterocycles. The lowest BCUT2D eigenvalue weighted by molar-refractivity contribution is -0.130. The molecule has 0 atom stereocenters. The number of rotatable bonds is 9. The van der Waals surface area contributed by atoms with Crippen LogP contribution in [0.3, 0.4) is 0 Å². The predicted molar refractivity (Wildman–Crippen MR) is 120 cm³/mol. The summed E-state index contributed by atoms with van der Waals surface area (Å²) in [6, 6.07) is 7.08. The number of hydrogen-bond acceptors (Lipinski definition) is 8. The standard InChI is InChI=1S/C21H26N6O4S/c1-5-30-16-8-6-7-9-17(16)31-12-19(29)25-24-18(28)11-10-15-13(2)22-20-23-21(32-4)26-27(20)14(15)3/h6-9H,5,10-12H2,1-4H3,(H,24,28)(H,25,29). The van der Waals surface area contributed by atoms with Crippen molar-refractivity contribution in [3.05, 3.63) is 41.2 Å². The van der Waals surface area contributed by atoms with Gasteiger partial charge >= 0.3 is 0 Å². The third-order valence-electron chi connectivity index (χ3n) is 4.66. The van der Waals surface area contributed by atoms with Gasteiger partial charge in [-0.15, -0.1) is 5.10 Å². The number of ether oxygens (including phenoxy) is 2. The van der Waals surface area contributed by atoms with Gasteiger partial charge in [0.1, 0.15) is 0 Å². The summed E-state index contributed by atoms with van der Waals surface area (Å²) < 4.78 is 12.6. The first-order chi connectivity index (χ1) is 15.4. The summed E-state index contributed by atoms with van der Waals surface area (Å²) in [5.41, 5.74) is 7.38. The van der Waals surface area contributed by atoms with Crippen LogP contribution in [0.2, 0.25) is 0 Å². The van der Waals surface area contributed by atoms with E-state index in [-0.39, 0.29) is 18.9 Å². The van der Waals surface area contributed by atoms with E-state index in [2.05, 4.69) is 25.9 Å². The minimum absolute atomic E-state index is 0.174. The highest BCUT2D eigenvalue weighted by Gasteiger charge is 2.15. The SMILES string of the molecule is CCOc1ccccc1OCC(=O)NNC(=O)CCc1c(C)nc2nc(SC)nn2c1C. The molecule has 11 heteroatoms. The van der Waals surface area contributed by atoms with E-state index in [0.717, 1.165) is 17.0 Å². The van der Waals surface area contributed by atoms with Crippen molar-refractivity contribution in [1.29, 1.82) is 0 Å². The minimum atomic E-state index is -0.479. The maximum absolute atomic E-state index is 12.2. The molecular formula is C21H26N6O4S. The van der Waals surface area contributed by atoms with Gasteiger partial charge in [0.25, 0.3) is 11.7 Å². The number of benzene rings is 1. The number of carbonyl (C=O) groups excluding carboxylic acids is 2. The van der Waals surface area contributed by atoms with Gasteiger partial charge in [-0.05, 0) is 51.1 Å². The van der Waals surface area contributed by atoms with Crippen LogP contribution in [0.25, 0.3) is 5.78 Å². The summed E-state index contributed by atoms with van der Waals surface area (Å²) in [7, 11) is 0. The first kappa shape index (κ1) is 23.3. The highest BCUT2D eigenvalue weighted by Crippen LogP contribution is 2.26. The second-order valence-corrected chi connectivity index (χ2v) is 7.61. The lowest BCUT2D eigenvalue weighted by Gasteiger charge is -2.12. The zero-order valence-electron chi connectivity index (χ0n) is 18.5. The molecule has 0 spiro atoms. The zero-order chi connectivity index (χ0) is 23.1. The minimum Gasteiger partial charge on any atom is -0.490 e. The van der Waals surface area contributed by atoms with Crippen LogP contribution in [0.4, 0.5) is 0 Å². The highest BCUT2D eigenvalue weighted by molar-refractivity contribution is 7.98. The van der Waals surface area contributed by atoms with Crippen LogP contribution in [0.5, 0.6) is 11.5 Å². The highest BCUT2D eigenvalue weighted by atomic mass is 32.2. The van der Waals surface area contributed by atoms with Crippen LogP contribution >= 0.6 is 11.8 Å². The molecule has 10 nitrogen and oxygen atoms in total. The molecule has 0 aliphatic carbocycles. The summed E-state index contributed by atoms with van der Waals surface area (Å²) in [6.45, 7) is 5.90. The number of aryl methyl sites for hydroxylation is 2. The molecule has 0 saturated heterocycles. The van der Waals surface area contributed by atoms with E-state index in [1.165, 1.54) is 11.8 Å². The number of aromatic nitrogens is 4. The van der Waals surface area contributed by atoms with Crippen LogP contribution in [0.1, 0.15) is 30.3 Å². The van der Waals surface area contributed by atoms with Gasteiger partial charge < -0.3 is 9.47 Å². The molecule has 2 aromatic heterocycles. The molecule has 2 N–H and O–H groups in total. The molecule has 32 heavy (non-hydrogen) atoms. The van der Waals surface area contributed by atoms with Gasteiger partial charge in [0.15, 0.2) is 18.1 Å². The van der Waals surface area contributed by atoms with Crippen molar-refractivity contribution in [2.45, 2.75) is 38.8 Å². The Morgan fingerprint density at radius 3 is 2.44 bits per heavy atom. The van der Waals surface area contributed by atoms with Crippen LogP contribution in [-0.2, 0) is 16.0 Å². The molecule has 0 radical (unpaired) electrons. The van der Waals surface area contributed by atoms with Crippen molar-refractivity contribution in [3.8, 4) is 11.5 Å². The van der Waals surface area contributed by atoms with Crippen LogP contribution < -0.4 is 20.3 Å². The molecule has 0 aliphatic rings. The molecular weight excluding hydrogens is 432 g/mol. The Bertz CT molecular complexity index is 1120. The molecule has 1 aromatic carbocycles. The molecule has 0 fully saturated rings. The summed E-state index contributed by atoms with van der Waals surface area (Å²) in [5.74, 6) is 0.751. The van der Waals surface area contributed by atoms with Gasteiger partial charge in [-0.2, -0.15) is 4.98 Å². The first-order valence-corrected chi connectivity index (χ1v) is 11.3. The van der Waals surface area contributed by atoms with Crippen molar-refractivity contribution >= 4 is 29.4 Å².